The molecule has 12 nitrogen and oxygen atoms in total. The zero-order chi connectivity index (χ0) is 29.7. The van der Waals surface area contributed by atoms with Gasteiger partial charge in [0, 0.05) is 13.0 Å². The Morgan fingerprint density at radius 3 is 2.35 bits per heavy atom. The third-order valence-corrected chi connectivity index (χ3v) is 6.41. The molecule has 0 radical (unpaired) electrons. The van der Waals surface area contributed by atoms with Crippen molar-refractivity contribution in [3.05, 3.63) is 57.8 Å². The molecular weight excluding hydrogens is 565 g/mol. The predicted molar refractivity (Wildman–Crippen MR) is 145 cm³/mol. The third kappa shape index (κ3) is 7.74. The molecular formula is C26H31Cl2N5O7. The SMILES string of the molecule is CC(C(=O)NO)N1CCC(NC(=O)NCC(=O)OC(C)(C)C)(c2ccc(OCc3cc(Cl)nc(Cl)c3)cc2)C1=O. The van der Waals surface area contributed by atoms with E-state index in [0.717, 1.165) is 0 Å². The number of urea groups is 1. The highest BCUT2D eigenvalue weighted by molar-refractivity contribution is 6.32. The van der Waals surface area contributed by atoms with E-state index in [0.29, 0.717) is 16.9 Å². The molecule has 1 fully saturated rings. The maximum atomic E-state index is 13.7. The van der Waals surface area contributed by atoms with E-state index < -0.39 is 47.5 Å². The fourth-order valence-corrected chi connectivity index (χ4v) is 4.68. The summed E-state index contributed by atoms with van der Waals surface area (Å²) in [6.07, 6.45) is 0.114. The number of carbonyl (C=O) groups excluding carboxylic acids is 4. The van der Waals surface area contributed by atoms with Crippen LogP contribution in [0.3, 0.4) is 0 Å². The van der Waals surface area contributed by atoms with Crippen LogP contribution in [0.1, 0.15) is 45.2 Å². The lowest BCUT2D eigenvalue weighted by molar-refractivity contribution is -0.153. The van der Waals surface area contributed by atoms with Crippen LogP contribution in [0.4, 0.5) is 4.79 Å². The van der Waals surface area contributed by atoms with E-state index in [4.69, 9.17) is 37.9 Å². The molecule has 1 aromatic carbocycles. The molecule has 14 heteroatoms. The molecule has 0 saturated carbocycles. The zero-order valence-electron chi connectivity index (χ0n) is 22.4. The summed E-state index contributed by atoms with van der Waals surface area (Å²) in [7, 11) is 0. The van der Waals surface area contributed by atoms with Crippen molar-refractivity contribution in [3.8, 4) is 5.75 Å². The monoisotopic (exact) mass is 595 g/mol. The summed E-state index contributed by atoms with van der Waals surface area (Å²) in [6, 6.07) is 7.93. The second-order valence-corrected chi connectivity index (χ2v) is 10.9. The summed E-state index contributed by atoms with van der Waals surface area (Å²) < 4.78 is 11.0. The first-order valence-corrected chi connectivity index (χ1v) is 13.1. The highest BCUT2D eigenvalue weighted by Crippen LogP contribution is 2.35. The number of aromatic nitrogens is 1. The summed E-state index contributed by atoms with van der Waals surface area (Å²) in [6.45, 7) is 6.39. The van der Waals surface area contributed by atoms with Gasteiger partial charge in [-0.25, -0.2) is 15.3 Å². The van der Waals surface area contributed by atoms with Crippen LogP contribution >= 0.6 is 23.2 Å². The summed E-state index contributed by atoms with van der Waals surface area (Å²) in [5, 5.41) is 14.6. The molecule has 3 rings (SSSR count). The molecule has 4 N–H and O–H groups in total. The van der Waals surface area contributed by atoms with E-state index in [1.165, 1.54) is 11.8 Å². The van der Waals surface area contributed by atoms with Gasteiger partial charge in [-0.2, -0.15) is 0 Å². The summed E-state index contributed by atoms with van der Waals surface area (Å²) in [5.41, 5.74) is 0.368. The first kappa shape index (κ1) is 30.9. The van der Waals surface area contributed by atoms with Gasteiger partial charge in [-0.05, 0) is 63.1 Å². The Kier molecular flexibility index (Phi) is 9.82. The van der Waals surface area contributed by atoms with Crippen LogP contribution < -0.4 is 20.9 Å². The van der Waals surface area contributed by atoms with Crippen LogP contribution in [0.25, 0.3) is 0 Å². The van der Waals surface area contributed by atoms with Gasteiger partial charge in [-0.15, -0.1) is 0 Å². The van der Waals surface area contributed by atoms with Crippen molar-refractivity contribution in [2.75, 3.05) is 13.1 Å². The van der Waals surface area contributed by atoms with E-state index >= 15 is 0 Å². The number of carbonyl (C=O) groups is 4. The number of rotatable bonds is 9. The normalized spacial score (nSPS) is 17.7. The average molecular weight is 596 g/mol. The van der Waals surface area contributed by atoms with Gasteiger partial charge >= 0.3 is 12.0 Å². The number of halogens is 2. The minimum atomic E-state index is -1.56. The molecule has 2 atom stereocenters. The number of likely N-dealkylation sites (tertiary alicyclic amines) is 1. The lowest BCUT2D eigenvalue weighted by Gasteiger charge is -2.31. The molecule has 0 spiro atoms. The summed E-state index contributed by atoms with van der Waals surface area (Å²) in [5.74, 6) is -1.53. The van der Waals surface area contributed by atoms with Crippen LogP contribution in [-0.4, -0.2) is 63.6 Å². The number of benzene rings is 1. The molecule has 1 aromatic heterocycles. The van der Waals surface area contributed by atoms with Gasteiger partial charge in [0.05, 0.1) is 0 Å². The Hall–Kier alpha value is -3.61. The van der Waals surface area contributed by atoms with Crippen molar-refractivity contribution < 1.29 is 33.9 Å². The Balaban J connectivity index is 1.80. The number of amides is 4. The summed E-state index contributed by atoms with van der Waals surface area (Å²) >= 11 is 11.9. The second kappa shape index (κ2) is 12.7. The van der Waals surface area contributed by atoms with Crippen LogP contribution in [0.2, 0.25) is 10.3 Å². The van der Waals surface area contributed by atoms with E-state index in [9.17, 15) is 19.2 Å². The largest absolute Gasteiger partial charge is 0.489 e. The molecule has 2 aromatic rings. The number of hydroxylamine groups is 1. The molecule has 2 unspecified atom stereocenters. The molecule has 0 bridgehead atoms. The van der Waals surface area contributed by atoms with Crippen molar-refractivity contribution in [2.24, 2.45) is 0 Å². The minimum absolute atomic E-state index is 0.113. The highest BCUT2D eigenvalue weighted by Gasteiger charge is 2.51. The molecule has 4 amide bonds. The van der Waals surface area contributed by atoms with E-state index in [1.54, 1.807) is 62.6 Å². The van der Waals surface area contributed by atoms with Crippen LogP contribution in [0.15, 0.2) is 36.4 Å². The third-order valence-electron chi connectivity index (χ3n) is 6.03. The maximum absolute atomic E-state index is 13.7. The predicted octanol–water partition coefficient (Wildman–Crippen LogP) is 2.93. The van der Waals surface area contributed by atoms with E-state index in [-0.39, 0.29) is 29.9 Å². The molecule has 40 heavy (non-hydrogen) atoms. The van der Waals surface area contributed by atoms with E-state index in [2.05, 4.69) is 15.6 Å². The van der Waals surface area contributed by atoms with Crippen molar-refractivity contribution >= 4 is 47.0 Å². The van der Waals surface area contributed by atoms with Gasteiger partial charge < -0.3 is 25.0 Å². The Morgan fingerprint density at radius 1 is 1.15 bits per heavy atom. The van der Waals surface area contributed by atoms with Gasteiger partial charge in [0.2, 0.25) is 0 Å². The van der Waals surface area contributed by atoms with Gasteiger partial charge in [0.15, 0.2) is 0 Å². The molecule has 2 heterocycles. The number of hydrogen-bond donors (Lipinski definition) is 4. The van der Waals surface area contributed by atoms with Crippen molar-refractivity contribution in [1.29, 1.82) is 0 Å². The highest BCUT2D eigenvalue weighted by atomic mass is 35.5. The minimum Gasteiger partial charge on any atom is -0.489 e. The topological polar surface area (TPSA) is 159 Å². The van der Waals surface area contributed by atoms with Gasteiger partial charge in [-0.1, -0.05) is 35.3 Å². The Bertz CT molecular complexity index is 1250. The van der Waals surface area contributed by atoms with Crippen molar-refractivity contribution in [1.82, 2.24) is 26.0 Å². The van der Waals surface area contributed by atoms with Crippen LogP contribution in [0.5, 0.6) is 5.75 Å². The fraction of sp³-hybridized carbons (Fsp3) is 0.423. The molecule has 1 aliphatic heterocycles. The molecule has 216 valence electrons. The summed E-state index contributed by atoms with van der Waals surface area (Å²) in [4.78, 5) is 55.8. The smallest absolute Gasteiger partial charge is 0.325 e. The van der Waals surface area contributed by atoms with Crippen molar-refractivity contribution in [2.45, 2.75) is 57.9 Å². The lowest BCUT2D eigenvalue weighted by atomic mass is 9.88. The number of pyridine rings is 1. The average Bonchev–Trinajstić information content (AvgIpc) is 3.20. The second-order valence-electron chi connectivity index (χ2n) is 10.1. The number of nitrogens with zero attached hydrogens (tertiary/aromatic N) is 2. The van der Waals surface area contributed by atoms with Crippen LogP contribution in [0, 0.1) is 0 Å². The molecule has 1 saturated heterocycles. The fourth-order valence-electron chi connectivity index (χ4n) is 4.17. The number of ether oxygens (including phenoxy) is 2. The first-order chi connectivity index (χ1) is 18.7. The van der Waals surface area contributed by atoms with Gasteiger partial charge in [-0.3, -0.25) is 19.6 Å². The van der Waals surface area contributed by atoms with Crippen molar-refractivity contribution in [3.63, 3.8) is 0 Å². The lowest BCUT2D eigenvalue weighted by Crippen LogP contribution is -2.56. The quantitative estimate of drug-likeness (QED) is 0.149. The number of nitrogens with one attached hydrogen (secondary N) is 3. The van der Waals surface area contributed by atoms with Crippen LogP contribution in [-0.2, 0) is 31.3 Å². The van der Waals surface area contributed by atoms with Gasteiger partial charge in [0.25, 0.3) is 11.8 Å². The number of hydrogen-bond acceptors (Lipinski definition) is 8. The Labute approximate surface area is 241 Å². The standard InChI is InChI=1S/C26H31Cl2N5O7/c1-15(22(35)32-38)33-10-9-26(23(33)36,31-24(37)29-13-21(34)40-25(2,3)4)17-5-7-18(8-6-17)39-14-16-11-19(27)30-20(28)12-16/h5-8,11-12,15,38H,9-10,13-14H2,1-4H3,(H,32,35)(H2,29,31,37). The number of esters is 1. The maximum Gasteiger partial charge on any atom is 0.325 e. The Morgan fingerprint density at radius 2 is 1.77 bits per heavy atom. The molecule has 0 aliphatic carbocycles. The zero-order valence-corrected chi connectivity index (χ0v) is 23.9. The van der Waals surface area contributed by atoms with E-state index in [1.807, 2.05) is 0 Å². The van der Waals surface area contributed by atoms with Gasteiger partial charge in [0.1, 0.15) is 46.4 Å². The first-order valence-electron chi connectivity index (χ1n) is 12.3. The molecule has 1 aliphatic rings.